The second-order valence-electron chi connectivity index (χ2n) is 5.44. The third kappa shape index (κ3) is 3.34. The molecule has 0 spiro atoms. The normalized spacial score (nSPS) is 14.7. The van der Waals surface area contributed by atoms with Crippen LogP contribution in [0.5, 0.6) is 5.75 Å². The maximum atomic E-state index is 12.3. The van der Waals surface area contributed by atoms with Gasteiger partial charge in [0.15, 0.2) is 6.61 Å². The lowest BCUT2D eigenvalue weighted by Crippen LogP contribution is -2.45. The fraction of sp³-hybridized carbons (Fsp3) is 0.222. The van der Waals surface area contributed by atoms with Crippen LogP contribution in [0.15, 0.2) is 54.6 Å². The van der Waals surface area contributed by atoms with Crippen LogP contribution < -0.4 is 15.0 Å². The molecule has 2 aromatic rings. The third-order valence-corrected chi connectivity index (χ3v) is 3.79. The number of hydrogen-bond acceptors (Lipinski definition) is 3. The van der Waals surface area contributed by atoms with Crippen molar-refractivity contribution < 1.29 is 14.3 Å². The van der Waals surface area contributed by atoms with Crippen molar-refractivity contribution in [1.82, 2.24) is 5.32 Å². The summed E-state index contributed by atoms with van der Waals surface area (Å²) >= 11 is 0. The molecule has 1 N–H and O–H groups in total. The summed E-state index contributed by atoms with van der Waals surface area (Å²) in [5.41, 5.74) is 1.65. The van der Waals surface area contributed by atoms with Gasteiger partial charge in [0.05, 0.1) is 11.7 Å². The molecule has 1 aliphatic rings. The summed E-state index contributed by atoms with van der Waals surface area (Å²) in [5, 5.41) is 2.92. The Bertz CT molecular complexity index is 715. The van der Waals surface area contributed by atoms with Crippen molar-refractivity contribution >= 4 is 17.5 Å². The van der Waals surface area contributed by atoms with Gasteiger partial charge in [0.1, 0.15) is 12.3 Å². The number of nitrogens with one attached hydrogen (secondary N) is 1. The standard InChI is InChI=1S/C18H18N2O3/c1-13(14-7-3-2-4-8-14)19-17(21)11-20-15-9-5-6-10-16(15)23-12-18(20)22/h2-10,13H,11-12H2,1H3,(H,19,21)/t13-/m0/s1. The molecule has 0 aliphatic carbocycles. The van der Waals surface area contributed by atoms with Gasteiger partial charge >= 0.3 is 0 Å². The number of amides is 2. The van der Waals surface area contributed by atoms with Gasteiger partial charge < -0.3 is 10.1 Å². The van der Waals surface area contributed by atoms with E-state index in [1.54, 1.807) is 12.1 Å². The SMILES string of the molecule is C[C@H](NC(=O)CN1C(=O)COc2ccccc21)c1ccccc1. The highest BCUT2D eigenvalue weighted by Crippen LogP contribution is 2.31. The maximum absolute atomic E-state index is 12.3. The van der Waals surface area contributed by atoms with Crippen molar-refractivity contribution in [2.75, 3.05) is 18.1 Å². The Kier molecular flexibility index (Phi) is 4.28. The lowest BCUT2D eigenvalue weighted by atomic mass is 10.1. The molecular weight excluding hydrogens is 292 g/mol. The van der Waals surface area contributed by atoms with Gasteiger partial charge in [0.25, 0.3) is 5.91 Å². The van der Waals surface area contributed by atoms with Crippen molar-refractivity contribution in [3.8, 4) is 5.75 Å². The summed E-state index contributed by atoms with van der Waals surface area (Å²) in [7, 11) is 0. The molecule has 23 heavy (non-hydrogen) atoms. The Hall–Kier alpha value is -2.82. The number of carbonyl (C=O) groups excluding carboxylic acids is 2. The van der Waals surface area contributed by atoms with E-state index in [0.29, 0.717) is 11.4 Å². The van der Waals surface area contributed by atoms with Gasteiger partial charge in [-0.05, 0) is 24.6 Å². The molecule has 2 aromatic carbocycles. The van der Waals surface area contributed by atoms with Crippen molar-refractivity contribution in [2.45, 2.75) is 13.0 Å². The van der Waals surface area contributed by atoms with Crippen LogP contribution in [-0.4, -0.2) is 25.0 Å². The number of carbonyl (C=O) groups is 2. The number of para-hydroxylation sites is 2. The van der Waals surface area contributed by atoms with Crippen molar-refractivity contribution in [2.24, 2.45) is 0 Å². The van der Waals surface area contributed by atoms with Crippen LogP contribution in [0.25, 0.3) is 0 Å². The first kappa shape index (κ1) is 15.1. The number of hydrogen-bond donors (Lipinski definition) is 1. The first-order chi connectivity index (χ1) is 11.1. The minimum Gasteiger partial charge on any atom is -0.482 e. The van der Waals surface area contributed by atoms with Gasteiger partial charge in [-0.15, -0.1) is 0 Å². The molecule has 0 saturated carbocycles. The first-order valence-electron chi connectivity index (χ1n) is 7.51. The quantitative estimate of drug-likeness (QED) is 0.942. The van der Waals surface area contributed by atoms with E-state index in [2.05, 4.69) is 5.32 Å². The molecule has 0 bridgehead atoms. The molecule has 0 unspecified atom stereocenters. The average molecular weight is 310 g/mol. The van der Waals surface area contributed by atoms with Gasteiger partial charge in [0.2, 0.25) is 5.91 Å². The first-order valence-corrected chi connectivity index (χ1v) is 7.51. The Balaban J connectivity index is 1.69. The third-order valence-electron chi connectivity index (χ3n) is 3.79. The predicted molar refractivity (Wildman–Crippen MR) is 87.3 cm³/mol. The maximum Gasteiger partial charge on any atom is 0.265 e. The zero-order valence-electron chi connectivity index (χ0n) is 12.9. The van der Waals surface area contributed by atoms with E-state index in [9.17, 15) is 9.59 Å². The average Bonchev–Trinajstić information content (AvgIpc) is 2.58. The predicted octanol–water partition coefficient (Wildman–Crippen LogP) is 2.29. The number of anilines is 1. The largest absolute Gasteiger partial charge is 0.482 e. The molecule has 0 radical (unpaired) electrons. The summed E-state index contributed by atoms with van der Waals surface area (Å²) in [6.45, 7) is 1.86. The number of rotatable bonds is 4. The second-order valence-corrected chi connectivity index (χ2v) is 5.44. The molecule has 118 valence electrons. The molecule has 2 amide bonds. The number of ether oxygens (including phenoxy) is 1. The topological polar surface area (TPSA) is 58.6 Å². The Morgan fingerprint density at radius 2 is 1.87 bits per heavy atom. The van der Waals surface area contributed by atoms with Gasteiger partial charge in [-0.3, -0.25) is 14.5 Å². The minimum absolute atomic E-state index is 0.0175. The molecule has 1 heterocycles. The van der Waals surface area contributed by atoms with Gasteiger partial charge in [-0.25, -0.2) is 0 Å². The molecule has 5 nitrogen and oxygen atoms in total. The number of nitrogens with zero attached hydrogens (tertiary/aromatic N) is 1. The summed E-state index contributed by atoms with van der Waals surface area (Å²) in [5.74, 6) is 0.202. The van der Waals surface area contributed by atoms with Crippen LogP contribution in [0, 0.1) is 0 Å². The fourth-order valence-electron chi connectivity index (χ4n) is 2.58. The highest BCUT2D eigenvalue weighted by molar-refractivity contribution is 6.02. The van der Waals surface area contributed by atoms with Crippen molar-refractivity contribution in [3.63, 3.8) is 0 Å². The summed E-state index contributed by atoms with van der Waals surface area (Å²) < 4.78 is 5.38. The van der Waals surface area contributed by atoms with E-state index >= 15 is 0 Å². The molecular formula is C18H18N2O3. The van der Waals surface area contributed by atoms with Crippen LogP contribution in [-0.2, 0) is 9.59 Å². The van der Waals surface area contributed by atoms with E-state index in [-0.39, 0.29) is 31.0 Å². The lowest BCUT2D eigenvalue weighted by molar-refractivity contribution is -0.125. The molecule has 1 aliphatic heterocycles. The molecule has 0 aromatic heterocycles. The van der Waals surface area contributed by atoms with Crippen molar-refractivity contribution in [1.29, 1.82) is 0 Å². The van der Waals surface area contributed by atoms with Gasteiger partial charge in [-0.2, -0.15) is 0 Å². The summed E-state index contributed by atoms with van der Waals surface area (Å²) in [4.78, 5) is 25.8. The molecule has 3 rings (SSSR count). The summed E-state index contributed by atoms with van der Waals surface area (Å²) in [6, 6.07) is 16.8. The Morgan fingerprint density at radius 3 is 2.65 bits per heavy atom. The molecule has 1 atom stereocenters. The van der Waals surface area contributed by atoms with Gasteiger partial charge in [-0.1, -0.05) is 42.5 Å². The fourth-order valence-corrected chi connectivity index (χ4v) is 2.58. The highest BCUT2D eigenvalue weighted by Gasteiger charge is 2.27. The monoisotopic (exact) mass is 310 g/mol. The zero-order valence-corrected chi connectivity index (χ0v) is 12.9. The van der Waals surface area contributed by atoms with Crippen LogP contribution >= 0.6 is 0 Å². The zero-order chi connectivity index (χ0) is 16.2. The van der Waals surface area contributed by atoms with Gasteiger partial charge in [0, 0.05) is 0 Å². The van der Waals surface area contributed by atoms with E-state index in [4.69, 9.17) is 4.74 Å². The summed E-state index contributed by atoms with van der Waals surface area (Å²) in [6.07, 6.45) is 0. The Morgan fingerprint density at radius 1 is 1.17 bits per heavy atom. The molecule has 0 fully saturated rings. The second kappa shape index (κ2) is 6.52. The van der Waals surface area contributed by atoms with Crippen LogP contribution in [0.2, 0.25) is 0 Å². The Labute approximate surface area is 134 Å². The van der Waals surface area contributed by atoms with E-state index in [1.165, 1.54) is 4.90 Å². The smallest absolute Gasteiger partial charge is 0.265 e. The molecule has 0 saturated heterocycles. The van der Waals surface area contributed by atoms with E-state index in [1.807, 2.05) is 49.4 Å². The molecule has 5 heteroatoms. The van der Waals surface area contributed by atoms with E-state index < -0.39 is 0 Å². The van der Waals surface area contributed by atoms with Crippen LogP contribution in [0.1, 0.15) is 18.5 Å². The lowest BCUT2D eigenvalue weighted by Gasteiger charge is -2.29. The highest BCUT2D eigenvalue weighted by atomic mass is 16.5. The van der Waals surface area contributed by atoms with Crippen LogP contribution in [0.3, 0.4) is 0 Å². The minimum atomic E-state index is -0.216. The number of benzene rings is 2. The van der Waals surface area contributed by atoms with Crippen LogP contribution in [0.4, 0.5) is 5.69 Å². The van der Waals surface area contributed by atoms with Crippen molar-refractivity contribution in [3.05, 3.63) is 60.2 Å². The van der Waals surface area contributed by atoms with E-state index in [0.717, 1.165) is 5.56 Å². The number of fused-ring (bicyclic) bond motifs is 1.